The third-order valence-corrected chi connectivity index (χ3v) is 5.70. The molecule has 0 saturated carbocycles. The normalized spacial score (nSPS) is 17.1. The van der Waals surface area contributed by atoms with E-state index in [9.17, 15) is 0 Å². The lowest BCUT2D eigenvalue weighted by Crippen LogP contribution is -2.42. The van der Waals surface area contributed by atoms with Gasteiger partial charge >= 0.3 is 0 Å². The van der Waals surface area contributed by atoms with Crippen LogP contribution in [0.3, 0.4) is 0 Å². The van der Waals surface area contributed by atoms with Crippen molar-refractivity contribution in [3.05, 3.63) is 65.7 Å². The average molecular weight is 342 g/mol. The molecule has 1 aliphatic heterocycles. The van der Waals surface area contributed by atoms with Gasteiger partial charge in [0, 0.05) is 43.7 Å². The molecule has 0 spiro atoms. The van der Waals surface area contributed by atoms with Gasteiger partial charge in [0.2, 0.25) is 0 Å². The third-order valence-electron chi connectivity index (χ3n) is 4.62. The number of hydrogen-bond donors (Lipinski definition) is 1. The summed E-state index contributed by atoms with van der Waals surface area (Å²) in [6.45, 7) is 7.82. The fraction of sp³-hybridized carbons (Fsp3) is 0.400. The molecule has 1 fully saturated rings. The lowest BCUT2D eigenvalue weighted by atomic mass is 10.1. The maximum Gasteiger partial charge on any atom is 0.0424 e. The van der Waals surface area contributed by atoms with E-state index in [4.69, 9.17) is 0 Å². The SMILES string of the molecule is C[C@H](c1ccccc1)N(C)Sc1ccc(CN2CCNCC2)cc1. The van der Waals surface area contributed by atoms with Gasteiger partial charge in [0.1, 0.15) is 0 Å². The Bertz CT molecular complexity index is 609. The van der Waals surface area contributed by atoms with Crippen molar-refractivity contribution in [2.24, 2.45) is 0 Å². The molecule has 1 atom stereocenters. The molecule has 0 radical (unpaired) electrons. The Balaban J connectivity index is 1.55. The Hall–Kier alpha value is -1.33. The smallest absolute Gasteiger partial charge is 0.0424 e. The van der Waals surface area contributed by atoms with E-state index in [-0.39, 0.29) is 0 Å². The van der Waals surface area contributed by atoms with E-state index >= 15 is 0 Å². The summed E-state index contributed by atoms with van der Waals surface area (Å²) in [5.41, 5.74) is 2.75. The largest absolute Gasteiger partial charge is 0.314 e. The first kappa shape index (κ1) is 17.5. The molecule has 2 aromatic carbocycles. The van der Waals surface area contributed by atoms with Crippen molar-refractivity contribution in [2.45, 2.75) is 24.4 Å². The molecule has 0 bridgehead atoms. The highest BCUT2D eigenvalue weighted by atomic mass is 32.2. The van der Waals surface area contributed by atoms with E-state index in [1.165, 1.54) is 16.0 Å². The Labute approximate surface area is 150 Å². The molecule has 4 heteroatoms. The summed E-state index contributed by atoms with van der Waals surface area (Å²) in [4.78, 5) is 3.81. The van der Waals surface area contributed by atoms with E-state index < -0.39 is 0 Å². The summed E-state index contributed by atoms with van der Waals surface area (Å²) in [6.07, 6.45) is 0. The molecule has 3 rings (SSSR count). The van der Waals surface area contributed by atoms with Crippen molar-refractivity contribution >= 4 is 11.9 Å². The Morgan fingerprint density at radius 1 is 1.04 bits per heavy atom. The van der Waals surface area contributed by atoms with Crippen molar-refractivity contribution in [2.75, 3.05) is 33.2 Å². The van der Waals surface area contributed by atoms with Crippen LogP contribution in [-0.2, 0) is 6.54 Å². The Morgan fingerprint density at radius 3 is 2.38 bits per heavy atom. The molecular weight excluding hydrogens is 314 g/mol. The standard InChI is InChI=1S/C20H27N3S/c1-17(19-6-4-3-5-7-19)22(2)24-20-10-8-18(9-11-20)16-23-14-12-21-13-15-23/h3-11,17,21H,12-16H2,1-2H3/t17-/m1/s1. The zero-order valence-electron chi connectivity index (χ0n) is 14.6. The summed E-state index contributed by atoms with van der Waals surface area (Å²) in [5, 5.41) is 3.40. The van der Waals surface area contributed by atoms with Crippen molar-refractivity contribution in [1.82, 2.24) is 14.5 Å². The van der Waals surface area contributed by atoms with Gasteiger partial charge in [-0.25, -0.2) is 4.31 Å². The van der Waals surface area contributed by atoms with Crippen molar-refractivity contribution < 1.29 is 0 Å². The van der Waals surface area contributed by atoms with Gasteiger partial charge in [-0.1, -0.05) is 42.5 Å². The van der Waals surface area contributed by atoms with E-state index in [2.05, 4.69) is 83.1 Å². The van der Waals surface area contributed by atoms with Gasteiger partial charge in [0.15, 0.2) is 0 Å². The lowest BCUT2D eigenvalue weighted by Gasteiger charge is -2.27. The van der Waals surface area contributed by atoms with Crippen molar-refractivity contribution in [3.63, 3.8) is 0 Å². The number of nitrogens with one attached hydrogen (secondary N) is 1. The fourth-order valence-corrected chi connectivity index (χ4v) is 3.84. The van der Waals surface area contributed by atoms with Crippen LogP contribution in [-0.4, -0.2) is 42.4 Å². The van der Waals surface area contributed by atoms with Gasteiger partial charge in [0.05, 0.1) is 0 Å². The zero-order valence-corrected chi connectivity index (χ0v) is 15.4. The van der Waals surface area contributed by atoms with E-state index in [0.717, 1.165) is 32.7 Å². The Kier molecular flexibility index (Phi) is 6.32. The van der Waals surface area contributed by atoms with E-state index in [1.807, 2.05) is 11.9 Å². The van der Waals surface area contributed by atoms with Crippen molar-refractivity contribution in [3.8, 4) is 0 Å². The molecule has 0 aromatic heterocycles. The van der Waals surface area contributed by atoms with Gasteiger partial charge in [-0.3, -0.25) is 4.90 Å². The lowest BCUT2D eigenvalue weighted by molar-refractivity contribution is 0.233. The molecule has 0 amide bonds. The summed E-state index contributed by atoms with van der Waals surface area (Å²) in [7, 11) is 2.16. The molecule has 1 saturated heterocycles. The summed E-state index contributed by atoms with van der Waals surface area (Å²) in [6, 6.07) is 20.1. The minimum atomic E-state index is 0.386. The quantitative estimate of drug-likeness (QED) is 0.806. The first-order valence-corrected chi connectivity index (χ1v) is 9.47. The first-order valence-electron chi connectivity index (χ1n) is 8.70. The first-order chi connectivity index (χ1) is 11.7. The highest BCUT2D eigenvalue weighted by molar-refractivity contribution is 7.97. The molecule has 1 heterocycles. The molecule has 3 nitrogen and oxygen atoms in total. The van der Waals surface area contributed by atoms with E-state index in [0.29, 0.717) is 6.04 Å². The van der Waals surface area contributed by atoms with Crippen LogP contribution in [0.5, 0.6) is 0 Å². The second kappa shape index (κ2) is 8.67. The summed E-state index contributed by atoms with van der Waals surface area (Å²) < 4.78 is 2.32. The predicted octanol–water partition coefficient (Wildman–Crippen LogP) is 3.79. The number of hydrogen-bond acceptors (Lipinski definition) is 4. The second-order valence-corrected chi connectivity index (χ2v) is 7.62. The fourth-order valence-electron chi connectivity index (χ4n) is 2.97. The maximum atomic E-state index is 3.40. The number of benzene rings is 2. The summed E-state index contributed by atoms with van der Waals surface area (Å²) >= 11 is 1.81. The molecule has 0 aliphatic carbocycles. The highest BCUT2D eigenvalue weighted by Crippen LogP contribution is 2.30. The molecule has 128 valence electrons. The predicted molar refractivity (Wildman–Crippen MR) is 103 cm³/mol. The third kappa shape index (κ3) is 4.84. The van der Waals surface area contributed by atoms with Crippen LogP contribution in [0, 0.1) is 0 Å². The van der Waals surface area contributed by atoms with Crippen LogP contribution in [0.25, 0.3) is 0 Å². The molecule has 24 heavy (non-hydrogen) atoms. The molecule has 1 N–H and O–H groups in total. The van der Waals surface area contributed by atoms with Crippen LogP contribution in [0.2, 0.25) is 0 Å². The van der Waals surface area contributed by atoms with Crippen LogP contribution in [0.15, 0.2) is 59.5 Å². The second-order valence-electron chi connectivity index (χ2n) is 6.39. The number of nitrogens with zero attached hydrogens (tertiary/aromatic N) is 2. The van der Waals surface area contributed by atoms with Crippen LogP contribution < -0.4 is 5.32 Å². The maximum absolute atomic E-state index is 3.40. The highest BCUT2D eigenvalue weighted by Gasteiger charge is 2.13. The van der Waals surface area contributed by atoms with Gasteiger partial charge < -0.3 is 5.32 Å². The van der Waals surface area contributed by atoms with E-state index in [1.54, 1.807) is 0 Å². The molecule has 1 aliphatic rings. The van der Waals surface area contributed by atoms with Gasteiger partial charge in [0.25, 0.3) is 0 Å². The summed E-state index contributed by atoms with van der Waals surface area (Å²) in [5.74, 6) is 0. The van der Waals surface area contributed by atoms with Crippen LogP contribution in [0.1, 0.15) is 24.1 Å². The number of rotatable bonds is 6. The molecular formula is C20H27N3S. The minimum absolute atomic E-state index is 0.386. The average Bonchev–Trinajstić information content (AvgIpc) is 2.64. The van der Waals surface area contributed by atoms with Gasteiger partial charge in [-0.05, 0) is 49.2 Å². The number of piperazine rings is 1. The monoisotopic (exact) mass is 341 g/mol. The topological polar surface area (TPSA) is 18.5 Å². The molecule has 0 unspecified atom stereocenters. The Morgan fingerprint density at radius 2 is 1.71 bits per heavy atom. The van der Waals surface area contributed by atoms with Crippen molar-refractivity contribution in [1.29, 1.82) is 0 Å². The minimum Gasteiger partial charge on any atom is -0.314 e. The van der Waals surface area contributed by atoms with Crippen LogP contribution in [0.4, 0.5) is 0 Å². The van der Waals surface area contributed by atoms with Gasteiger partial charge in [-0.15, -0.1) is 0 Å². The molecule has 2 aromatic rings. The van der Waals surface area contributed by atoms with Gasteiger partial charge in [-0.2, -0.15) is 0 Å². The zero-order chi connectivity index (χ0) is 16.8. The van der Waals surface area contributed by atoms with Crippen LogP contribution >= 0.6 is 11.9 Å².